The highest BCUT2D eigenvalue weighted by Gasteiger charge is 2.33. The molecule has 51 heavy (non-hydrogen) atoms. The van der Waals surface area contributed by atoms with Crippen molar-refractivity contribution in [1.29, 1.82) is 0 Å². The Labute approximate surface area is 295 Å². The van der Waals surface area contributed by atoms with Crippen LogP contribution in [0.25, 0.3) is 0 Å². The molecule has 0 radical (unpaired) electrons. The Balaban J connectivity index is 2.76. The summed E-state index contributed by atoms with van der Waals surface area (Å²) < 4.78 is 56.3. The van der Waals surface area contributed by atoms with Gasteiger partial charge < -0.3 is 52.1 Å². The topological polar surface area (TPSA) is 221 Å². The van der Waals surface area contributed by atoms with Crippen LogP contribution in [0, 0.1) is 5.41 Å². The van der Waals surface area contributed by atoms with Crippen LogP contribution in [0.5, 0.6) is 0 Å². The Morgan fingerprint density at radius 3 is 1.06 bits per heavy atom. The Kier molecular flexibility index (Phi) is 22.0. The van der Waals surface area contributed by atoms with Crippen molar-refractivity contribution in [3.05, 3.63) is 34.9 Å². The van der Waals surface area contributed by atoms with Gasteiger partial charge in [0.05, 0.1) is 136 Å². The van der Waals surface area contributed by atoms with E-state index >= 15 is 0 Å². The number of carbonyl (C=O) groups excluding carboxylic acids is 7. The standard InChI is InChI=1S/C33H46O18/c1-41-26(34)6-10-46-19-33(20-47-11-7-27(35)42-2,21-48-12-8-28(36)43-3)22-49-13-9-29(37)50-14-15-51-32(40)25-17-23(30(38)44-4)16-24(18-25)31(39)45-5/h16-18H,6-15,19-22H2,1-5H3. The molecule has 0 atom stereocenters. The third kappa shape index (κ3) is 18.2. The second-order valence-corrected chi connectivity index (χ2v) is 10.6. The van der Waals surface area contributed by atoms with Crippen molar-refractivity contribution in [2.45, 2.75) is 25.7 Å². The van der Waals surface area contributed by atoms with Gasteiger partial charge in [-0.1, -0.05) is 0 Å². The molecular formula is C33H46O18. The number of rotatable bonds is 26. The summed E-state index contributed by atoms with van der Waals surface area (Å²) in [6.45, 7) is -0.852. The smallest absolute Gasteiger partial charge is 0.338 e. The van der Waals surface area contributed by atoms with Gasteiger partial charge in [-0.3, -0.25) is 19.2 Å². The van der Waals surface area contributed by atoms with Gasteiger partial charge in [0.15, 0.2) is 0 Å². The number of methoxy groups -OCH3 is 5. The largest absolute Gasteiger partial charge is 0.469 e. The number of ether oxygens (including phenoxy) is 11. The summed E-state index contributed by atoms with van der Waals surface area (Å²) in [6.07, 6.45) is -0.247. The third-order valence-corrected chi connectivity index (χ3v) is 6.71. The van der Waals surface area contributed by atoms with E-state index in [0.29, 0.717) is 0 Å². The van der Waals surface area contributed by atoms with Crippen LogP contribution in [-0.2, 0) is 71.3 Å². The summed E-state index contributed by atoms with van der Waals surface area (Å²) >= 11 is 0. The Morgan fingerprint density at radius 2 is 0.725 bits per heavy atom. The monoisotopic (exact) mass is 730 g/mol. The van der Waals surface area contributed by atoms with Crippen molar-refractivity contribution in [2.75, 3.05) is 102 Å². The predicted octanol–water partition coefficient (Wildman–Crippen LogP) is 1.09. The lowest BCUT2D eigenvalue weighted by Crippen LogP contribution is -2.42. The van der Waals surface area contributed by atoms with E-state index < -0.39 is 47.2 Å². The van der Waals surface area contributed by atoms with E-state index in [1.165, 1.54) is 39.5 Å². The van der Waals surface area contributed by atoms with Crippen LogP contribution in [0.4, 0.5) is 0 Å². The molecule has 18 nitrogen and oxygen atoms in total. The van der Waals surface area contributed by atoms with Gasteiger partial charge in [0.25, 0.3) is 0 Å². The Hall–Kier alpha value is -4.65. The molecule has 18 heteroatoms. The zero-order chi connectivity index (χ0) is 38.1. The summed E-state index contributed by atoms with van der Waals surface area (Å²) in [5, 5.41) is 0. The lowest BCUT2D eigenvalue weighted by Gasteiger charge is -2.33. The molecule has 0 saturated carbocycles. The van der Waals surface area contributed by atoms with Crippen LogP contribution in [-0.4, -0.2) is 143 Å². The summed E-state index contributed by atoms with van der Waals surface area (Å²) in [6, 6.07) is 3.57. The average Bonchev–Trinajstić information content (AvgIpc) is 3.15. The van der Waals surface area contributed by atoms with Crippen LogP contribution >= 0.6 is 0 Å². The molecule has 0 aliphatic rings. The maximum absolute atomic E-state index is 12.6. The summed E-state index contributed by atoms with van der Waals surface area (Å²) in [4.78, 5) is 83.5. The first-order valence-corrected chi connectivity index (χ1v) is 15.6. The number of hydrogen-bond acceptors (Lipinski definition) is 18. The molecule has 0 aromatic heterocycles. The molecule has 0 heterocycles. The van der Waals surface area contributed by atoms with Gasteiger partial charge in [0, 0.05) is 0 Å². The van der Waals surface area contributed by atoms with E-state index in [2.05, 4.69) is 23.7 Å². The fraction of sp³-hybridized carbons (Fsp3) is 0.606. The zero-order valence-corrected chi connectivity index (χ0v) is 29.5. The second-order valence-electron chi connectivity index (χ2n) is 10.6. The highest BCUT2D eigenvalue weighted by molar-refractivity contribution is 6.00. The highest BCUT2D eigenvalue weighted by atomic mass is 16.6. The van der Waals surface area contributed by atoms with E-state index in [9.17, 15) is 33.6 Å². The summed E-state index contributed by atoms with van der Waals surface area (Å²) in [5.41, 5.74) is -1.27. The molecule has 0 fully saturated rings. The number of esters is 7. The number of carbonyl (C=O) groups is 7. The first-order valence-electron chi connectivity index (χ1n) is 15.6. The molecule has 0 aliphatic heterocycles. The van der Waals surface area contributed by atoms with Gasteiger partial charge in [-0.25, -0.2) is 14.4 Å². The number of hydrogen-bond donors (Lipinski definition) is 0. The van der Waals surface area contributed by atoms with Crippen molar-refractivity contribution in [2.24, 2.45) is 5.41 Å². The van der Waals surface area contributed by atoms with Gasteiger partial charge in [-0.05, 0) is 18.2 Å². The SMILES string of the molecule is COC(=O)CCOCC(COCCC(=O)OC)(COCCC(=O)OC)COCCC(=O)OCCOC(=O)c1cc(C(=O)OC)cc(C(=O)OC)c1. The molecule has 0 aliphatic carbocycles. The molecule has 0 unspecified atom stereocenters. The molecule has 0 spiro atoms. The summed E-state index contributed by atoms with van der Waals surface area (Å²) in [5.74, 6) is -4.57. The molecule has 1 rings (SSSR count). The molecule has 1 aromatic rings. The van der Waals surface area contributed by atoms with Gasteiger partial charge in [-0.15, -0.1) is 0 Å². The van der Waals surface area contributed by atoms with Crippen molar-refractivity contribution >= 4 is 41.8 Å². The second kappa shape index (κ2) is 25.3. The molecular weight excluding hydrogens is 684 g/mol. The normalized spacial score (nSPS) is 10.8. The van der Waals surface area contributed by atoms with Crippen LogP contribution in [0.3, 0.4) is 0 Å². The number of benzene rings is 1. The van der Waals surface area contributed by atoms with E-state index in [-0.39, 0.29) is 108 Å². The minimum absolute atomic E-state index is 0.0127. The van der Waals surface area contributed by atoms with E-state index in [4.69, 9.17) is 28.4 Å². The van der Waals surface area contributed by atoms with Gasteiger partial charge in [-0.2, -0.15) is 0 Å². The van der Waals surface area contributed by atoms with E-state index in [1.54, 1.807) is 0 Å². The Morgan fingerprint density at radius 1 is 0.412 bits per heavy atom. The third-order valence-electron chi connectivity index (χ3n) is 6.71. The molecule has 0 amide bonds. The molecule has 0 N–H and O–H groups in total. The zero-order valence-electron chi connectivity index (χ0n) is 29.5. The van der Waals surface area contributed by atoms with Crippen molar-refractivity contribution < 1.29 is 85.7 Å². The fourth-order valence-electron chi connectivity index (χ4n) is 4.00. The van der Waals surface area contributed by atoms with E-state index in [1.807, 2.05) is 0 Å². The molecule has 0 saturated heterocycles. The molecule has 1 aromatic carbocycles. The van der Waals surface area contributed by atoms with Gasteiger partial charge in [0.1, 0.15) is 13.2 Å². The minimum Gasteiger partial charge on any atom is -0.469 e. The lowest BCUT2D eigenvalue weighted by molar-refractivity contribution is -0.147. The first kappa shape index (κ1) is 44.4. The maximum Gasteiger partial charge on any atom is 0.338 e. The minimum atomic E-state index is -1.00. The predicted molar refractivity (Wildman–Crippen MR) is 171 cm³/mol. The molecule has 0 bridgehead atoms. The summed E-state index contributed by atoms with van der Waals surface area (Å²) in [7, 11) is 6.03. The van der Waals surface area contributed by atoms with Crippen LogP contribution in [0.1, 0.15) is 56.8 Å². The van der Waals surface area contributed by atoms with Crippen molar-refractivity contribution in [1.82, 2.24) is 0 Å². The average molecular weight is 731 g/mol. The Bertz CT molecular complexity index is 1200. The van der Waals surface area contributed by atoms with Crippen molar-refractivity contribution in [3.8, 4) is 0 Å². The van der Waals surface area contributed by atoms with E-state index in [0.717, 1.165) is 14.2 Å². The van der Waals surface area contributed by atoms with Crippen LogP contribution in [0.2, 0.25) is 0 Å². The molecule has 286 valence electrons. The van der Waals surface area contributed by atoms with Gasteiger partial charge >= 0.3 is 41.8 Å². The highest BCUT2D eigenvalue weighted by Crippen LogP contribution is 2.22. The van der Waals surface area contributed by atoms with Gasteiger partial charge in [0.2, 0.25) is 0 Å². The van der Waals surface area contributed by atoms with Crippen LogP contribution in [0.15, 0.2) is 18.2 Å². The first-order chi connectivity index (χ1) is 24.4. The van der Waals surface area contributed by atoms with Crippen molar-refractivity contribution in [3.63, 3.8) is 0 Å². The quantitative estimate of drug-likeness (QED) is 0.0739. The maximum atomic E-state index is 12.6. The van der Waals surface area contributed by atoms with Crippen LogP contribution < -0.4 is 0 Å². The lowest BCUT2D eigenvalue weighted by atomic mass is 9.92. The fourth-order valence-corrected chi connectivity index (χ4v) is 4.00.